The molecule has 6 heteroatoms. The summed E-state index contributed by atoms with van der Waals surface area (Å²) in [7, 11) is 1.31. The number of ether oxygens (including phenoxy) is 1. The lowest BCUT2D eigenvalue weighted by atomic mass is 10.1. The highest BCUT2D eigenvalue weighted by Crippen LogP contribution is 2.31. The maximum absolute atomic E-state index is 14.3. The van der Waals surface area contributed by atoms with E-state index in [1.807, 2.05) is 4.90 Å². The van der Waals surface area contributed by atoms with Crippen LogP contribution in [0.15, 0.2) is 18.2 Å². The molecule has 2 aliphatic rings. The van der Waals surface area contributed by atoms with E-state index in [0.29, 0.717) is 11.4 Å². The summed E-state index contributed by atoms with van der Waals surface area (Å²) in [5.41, 5.74) is 1.08. The molecular formula is C16H19FN2O3. The second-order valence-electron chi connectivity index (χ2n) is 5.76. The second kappa shape index (κ2) is 5.94. The maximum Gasteiger partial charge on any atom is 0.311 e. The molecule has 0 aromatic heterocycles. The Morgan fingerprint density at radius 1 is 1.32 bits per heavy atom. The highest BCUT2D eigenvalue weighted by molar-refractivity contribution is 5.99. The van der Waals surface area contributed by atoms with Gasteiger partial charge in [0.1, 0.15) is 5.82 Å². The summed E-state index contributed by atoms with van der Waals surface area (Å²) in [4.78, 5) is 27.1. The zero-order chi connectivity index (χ0) is 15.7. The van der Waals surface area contributed by atoms with Gasteiger partial charge in [0.15, 0.2) is 0 Å². The van der Waals surface area contributed by atoms with E-state index >= 15 is 0 Å². The standard InChI is InChI=1S/C16H19FN2O3/c1-22-16(21)11-8-15(20)19(10-11)12-4-5-14(13(17)9-12)18-6-2-3-7-18/h4-5,9,11H,2-3,6-8,10H2,1H3. The molecule has 2 aliphatic heterocycles. The van der Waals surface area contributed by atoms with E-state index in [2.05, 4.69) is 4.74 Å². The summed E-state index contributed by atoms with van der Waals surface area (Å²) >= 11 is 0. The Balaban J connectivity index is 1.79. The van der Waals surface area contributed by atoms with Crippen molar-refractivity contribution >= 4 is 23.3 Å². The van der Waals surface area contributed by atoms with Gasteiger partial charge in [-0.3, -0.25) is 9.59 Å². The Morgan fingerprint density at radius 2 is 2.05 bits per heavy atom. The number of esters is 1. The van der Waals surface area contributed by atoms with Gasteiger partial charge in [-0.2, -0.15) is 0 Å². The Morgan fingerprint density at radius 3 is 2.68 bits per heavy atom. The molecule has 1 unspecified atom stereocenters. The summed E-state index contributed by atoms with van der Waals surface area (Å²) in [5.74, 6) is -1.37. The molecule has 1 aromatic rings. The summed E-state index contributed by atoms with van der Waals surface area (Å²) in [5, 5.41) is 0. The number of carbonyl (C=O) groups excluding carboxylic acids is 2. The van der Waals surface area contributed by atoms with Gasteiger partial charge in [0.05, 0.1) is 18.7 Å². The SMILES string of the molecule is COC(=O)C1CC(=O)N(c2ccc(N3CCCC3)c(F)c2)C1. The van der Waals surface area contributed by atoms with Gasteiger partial charge in [0.2, 0.25) is 5.91 Å². The third-order valence-corrected chi connectivity index (χ3v) is 4.35. The van der Waals surface area contributed by atoms with Crippen molar-refractivity contribution < 1.29 is 18.7 Å². The third kappa shape index (κ3) is 2.65. The molecule has 0 N–H and O–H groups in total. The molecule has 0 aliphatic carbocycles. The molecule has 0 spiro atoms. The Labute approximate surface area is 128 Å². The first-order valence-electron chi connectivity index (χ1n) is 7.53. The molecule has 1 aromatic carbocycles. The van der Waals surface area contributed by atoms with Crippen LogP contribution >= 0.6 is 0 Å². The number of amides is 1. The van der Waals surface area contributed by atoms with Crippen molar-refractivity contribution in [2.45, 2.75) is 19.3 Å². The predicted octanol–water partition coefficient (Wildman–Crippen LogP) is 1.95. The topological polar surface area (TPSA) is 49.9 Å². The van der Waals surface area contributed by atoms with Crippen LogP contribution in [0.3, 0.4) is 0 Å². The molecule has 2 heterocycles. The number of rotatable bonds is 3. The Bertz CT molecular complexity index is 599. The number of halogens is 1. The van der Waals surface area contributed by atoms with Crippen molar-refractivity contribution in [1.82, 2.24) is 0 Å². The van der Waals surface area contributed by atoms with Crippen molar-refractivity contribution in [2.24, 2.45) is 5.92 Å². The molecule has 0 saturated carbocycles. The maximum atomic E-state index is 14.3. The number of methoxy groups -OCH3 is 1. The number of hydrogen-bond donors (Lipinski definition) is 0. The molecule has 22 heavy (non-hydrogen) atoms. The van der Waals surface area contributed by atoms with Crippen molar-refractivity contribution in [3.63, 3.8) is 0 Å². The first-order chi connectivity index (χ1) is 10.6. The fraction of sp³-hybridized carbons (Fsp3) is 0.500. The van der Waals surface area contributed by atoms with Crippen LogP contribution in [0.25, 0.3) is 0 Å². The van der Waals surface area contributed by atoms with Crippen LogP contribution in [0, 0.1) is 11.7 Å². The van der Waals surface area contributed by atoms with Crippen LogP contribution in [0.2, 0.25) is 0 Å². The highest BCUT2D eigenvalue weighted by Gasteiger charge is 2.36. The predicted molar refractivity (Wildman–Crippen MR) is 80.3 cm³/mol. The van der Waals surface area contributed by atoms with Gasteiger partial charge in [0.25, 0.3) is 0 Å². The third-order valence-electron chi connectivity index (χ3n) is 4.35. The molecule has 2 saturated heterocycles. The molecule has 1 amide bonds. The summed E-state index contributed by atoms with van der Waals surface area (Å²) in [6.45, 7) is 1.97. The molecule has 0 bridgehead atoms. The zero-order valence-electron chi connectivity index (χ0n) is 12.5. The van der Waals surface area contributed by atoms with E-state index in [-0.39, 0.29) is 24.7 Å². The van der Waals surface area contributed by atoms with Gasteiger partial charge in [-0.1, -0.05) is 0 Å². The van der Waals surface area contributed by atoms with E-state index in [4.69, 9.17) is 0 Å². The number of nitrogens with zero attached hydrogens (tertiary/aromatic N) is 2. The summed E-state index contributed by atoms with van der Waals surface area (Å²) in [6.07, 6.45) is 2.27. The minimum absolute atomic E-state index is 0.113. The molecule has 3 rings (SSSR count). The molecular weight excluding hydrogens is 287 g/mol. The average Bonchev–Trinajstić information content (AvgIpc) is 3.16. The highest BCUT2D eigenvalue weighted by atomic mass is 19.1. The number of benzene rings is 1. The number of hydrogen-bond acceptors (Lipinski definition) is 4. The zero-order valence-corrected chi connectivity index (χ0v) is 12.5. The van der Waals surface area contributed by atoms with Crippen LogP contribution in [0.5, 0.6) is 0 Å². The van der Waals surface area contributed by atoms with Crippen LogP contribution < -0.4 is 9.80 Å². The lowest BCUT2D eigenvalue weighted by molar-refractivity contribution is -0.145. The fourth-order valence-corrected chi connectivity index (χ4v) is 3.16. The summed E-state index contributed by atoms with van der Waals surface area (Å²) < 4.78 is 19.0. The van der Waals surface area contributed by atoms with Gasteiger partial charge < -0.3 is 14.5 Å². The smallest absolute Gasteiger partial charge is 0.311 e. The Kier molecular flexibility index (Phi) is 4.00. The lowest BCUT2D eigenvalue weighted by Crippen LogP contribution is -2.26. The van der Waals surface area contributed by atoms with Crippen LogP contribution in [-0.2, 0) is 14.3 Å². The van der Waals surface area contributed by atoms with Crippen molar-refractivity contribution in [3.8, 4) is 0 Å². The minimum Gasteiger partial charge on any atom is -0.469 e. The molecule has 0 radical (unpaired) electrons. The van der Waals surface area contributed by atoms with E-state index in [1.165, 1.54) is 18.1 Å². The van der Waals surface area contributed by atoms with Gasteiger partial charge >= 0.3 is 5.97 Å². The minimum atomic E-state index is -0.473. The van der Waals surface area contributed by atoms with Gasteiger partial charge in [-0.05, 0) is 31.0 Å². The molecule has 2 fully saturated rings. The second-order valence-corrected chi connectivity index (χ2v) is 5.76. The van der Waals surface area contributed by atoms with Crippen LogP contribution in [-0.4, -0.2) is 38.6 Å². The number of anilines is 2. The van der Waals surface area contributed by atoms with E-state index < -0.39 is 11.9 Å². The van der Waals surface area contributed by atoms with Crippen molar-refractivity contribution in [1.29, 1.82) is 0 Å². The van der Waals surface area contributed by atoms with Crippen molar-refractivity contribution in [3.05, 3.63) is 24.0 Å². The summed E-state index contributed by atoms with van der Waals surface area (Å²) in [6, 6.07) is 4.84. The van der Waals surface area contributed by atoms with Gasteiger partial charge in [0, 0.05) is 31.7 Å². The Hall–Kier alpha value is -2.11. The van der Waals surface area contributed by atoms with Crippen LogP contribution in [0.1, 0.15) is 19.3 Å². The quantitative estimate of drug-likeness (QED) is 0.801. The molecule has 118 valence electrons. The van der Waals surface area contributed by atoms with Gasteiger partial charge in [-0.15, -0.1) is 0 Å². The van der Waals surface area contributed by atoms with E-state index in [1.54, 1.807) is 12.1 Å². The number of carbonyl (C=O) groups is 2. The van der Waals surface area contributed by atoms with E-state index in [9.17, 15) is 14.0 Å². The first-order valence-corrected chi connectivity index (χ1v) is 7.53. The molecule has 1 atom stereocenters. The first kappa shape index (κ1) is 14.8. The monoisotopic (exact) mass is 306 g/mol. The van der Waals surface area contributed by atoms with E-state index in [0.717, 1.165) is 25.9 Å². The van der Waals surface area contributed by atoms with Crippen LogP contribution in [0.4, 0.5) is 15.8 Å². The van der Waals surface area contributed by atoms with Crippen molar-refractivity contribution in [2.75, 3.05) is 36.5 Å². The van der Waals surface area contributed by atoms with Gasteiger partial charge in [-0.25, -0.2) is 4.39 Å². The largest absolute Gasteiger partial charge is 0.469 e. The fourth-order valence-electron chi connectivity index (χ4n) is 3.16. The lowest BCUT2D eigenvalue weighted by Gasteiger charge is -2.21. The molecule has 5 nitrogen and oxygen atoms in total. The average molecular weight is 306 g/mol. The normalized spacial score (nSPS) is 21.5.